The van der Waals surface area contributed by atoms with Crippen LogP contribution in [0.5, 0.6) is 6.01 Å². The molecule has 0 unspecified atom stereocenters. The molecular formula is C20H22FN5O. The molecule has 27 heavy (non-hydrogen) atoms. The van der Waals surface area contributed by atoms with E-state index in [1.54, 1.807) is 25.4 Å². The van der Waals surface area contributed by atoms with E-state index in [2.05, 4.69) is 19.5 Å². The molecule has 1 aliphatic carbocycles. The number of aromatic nitrogens is 4. The van der Waals surface area contributed by atoms with Gasteiger partial charge in [0.05, 0.1) is 30.5 Å². The summed E-state index contributed by atoms with van der Waals surface area (Å²) < 4.78 is 20.8. The topological polar surface area (TPSA) is 78.9 Å². The van der Waals surface area contributed by atoms with Crippen molar-refractivity contribution < 1.29 is 9.13 Å². The van der Waals surface area contributed by atoms with E-state index in [-0.39, 0.29) is 11.9 Å². The molecule has 0 saturated heterocycles. The molecule has 2 aromatic heterocycles. The summed E-state index contributed by atoms with van der Waals surface area (Å²) in [5, 5.41) is 0. The number of ether oxygens (including phenoxy) is 1. The van der Waals surface area contributed by atoms with Gasteiger partial charge in [-0.2, -0.15) is 4.98 Å². The van der Waals surface area contributed by atoms with Crippen LogP contribution in [0, 0.1) is 5.82 Å². The van der Waals surface area contributed by atoms with E-state index >= 15 is 0 Å². The highest BCUT2D eigenvalue weighted by Crippen LogP contribution is 2.37. The summed E-state index contributed by atoms with van der Waals surface area (Å²) in [5.41, 5.74) is 9.31. The van der Waals surface area contributed by atoms with Crippen molar-refractivity contribution in [2.75, 3.05) is 7.11 Å². The maximum Gasteiger partial charge on any atom is 0.316 e. The molecule has 1 aliphatic rings. The molecule has 6 nitrogen and oxygen atoms in total. The second-order valence-electron chi connectivity index (χ2n) is 6.85. The molecular weight excluding hydrogens is 345 g/mol. The van der Waals surface area contributed by atoms with Gasteiger partial charge in [0, 0.05) is 23.8 Å². The van der Waals surface area contributed by atoms with Gasteiger partial charge in [-0.25, -0.2) is 14.4 Å². The van der Waals surface area contributed by atoms with Crippen LogP contribution in [-0.4, -0.2) is 32.7 Å². The van der Waals surface area contributed by atoms with Crippen molar-refractivity contribution in [1.29, 1.82) is 0 Å². The molecule has 4 rings (SSSR count). The molecule has 0 bridgehead atoms. The highest BCUT2D eigenvalue weighted by Gasteiger charge is 2.25. The predicted octanol–water partition coefficient (Wildman–Crippen LogP) is 3.60. The number of hydrogen-bond acceptors (Lipinski definition) is 5. The average Bonchev–Trinajstić information content (AvgIpc) is 3.14. The molecule has 0 amide bonds. The molecule has 140 valence electrons. The first-order valence-electron chi connectivity index (χ1n) is 9.11. The lowest BCUT2D eigenvalue weighted by Gasteiger charge is -2.28. The van der Waals surface area contributed by atoms with Gasteiger partial charge in [0.15, 0.2) is 0 Å². The molecule has 3 aromatic rings. The molecule has 2 heterocycles. The van der Waals surface area contributed by atoms with Gasteiger partial charge < -0.3 is 15.0 Å². The van der Waals surface area contributed by atoms with Gasteiger partial charge in [-0.15, -0.1) is 0 Å². The maximum atomic E-state index is 13.4. The van der Waals surface area contributed by atoms with E-state index in [0.717, 1.165) is 48.3 Å². The van der Waals surface area contributed by atoms with Crippen molar-refractivity contribution in [3.63, 3.8) is 0 Å². The van der Waals surface area contributed by atoms with Crippen molar-refractivity contribution in [3.05, 3.63) is 48.7 Å². The van der Waals surface area contributed by atoms with Gasteiger partial charge in [0.1, 0.15) is 5.82 Å². The molecule has 0 aliphatic heterocycles. The minimum atomic E-state index is -0.273. The summed E-state index contributed by atoms with van der Waals surface area (Å²) >= 11 is 0. The Morgan fingerprint density at radius 2 is 1.81 bits per heavy atom. The van der Waals surface area contributed by atoms with Crippen molar-refractivity contribution in [2.24, 2.45) is 5.73 Å². The molecule has 7 heteroatoms. The minimum absolute atomic E-state index is 0.268. The van der Waals surface area contributed by atoms with Crippen LogP contribution in [0.2, 0.25) is 0 Å². The number of nitrogens with zero attached hydrogens (tertiary/aromatic N) is 4. The zero-order valence-corrected chi connectivity index (χ0v) is 15.2. The standard InChI is InChI=1S/C20H22FN5O/c1-27-20-23-11-10-17(25-20)19-18(13-2-4-14(21)5-3-13)24-12-26(19)16-8-6-15(22)7-9-16/h2-5,10-12,15-16H,6-9,22H2,1H3/t15-,16+. The van der Waals surface area contributed by atoms with E-state index in [4.69, 9.17) is 10.5 Å². The fourth-order valence-electron chi connectivity index (χ4n) is 3.66. The quantitative estimate of drug-likeness (QED) is 0.762. The van der Waals surface area contributed by atoms with Crippen molar-refractivity contribution in [1.82, 2.24) is 19.5 Å². The first-order chi connectivity index (χ1) is 13.2. The summed E-state index contributed by atoms with van der Waals surface area (Å²) in [6.07, 6.45) is 7.49. The van der Waals surface area contributed by atoms with Crippen LogP contribution in [-0.2, 0) is 0 Å². The third-order valence-corrected chi connectivity index (χ3v) is 5.10. The van der Waals surface area contributed by atoms with Crippen molar-refractivity contribution in [2.45, 2.75) is 37.8 Å². The van der Waals surface area contributed by atoms with E-state index in [0.29, 0.717) is 12.1 Å². The van der Waals surface area contributed by atoms with Gasteiger partial charge >= 0.3 is 6.01 Å². The molecule has 1 aromatic carbocycles. The Morgan fingerprint density at radius 3 is 2.52 bits per heavy atom. The monoisotopic (exact) mass is 367 g/mol. The van der Waals surface area contributed by atoms with Gasteiger partial charge in [0.25, 0.3) is 0 Å². The normalized spacial score (nSPS) is 19.8. The summed E-state index contributed by atoms with van der Waals surface area (Å²) in [4.78, 5) is 13.3. The molecule has 0 spiro atoms. The smallest absolute Gasteiger partial charge is 0.316 e. The largest absolute Gasteiger partial charge is 0.467 e. The van der Waals surface area contributed by atoms with Crippen LogP contribution in [0.4, 0.5) is 4.39 Å². The molecule has 0 radical (unpaired) electrons. The van der Waals surface area contributed by atoms with Crippen molar-refractivity contribution in [3.8, 4) is 28.7 Å². The fraction of sp³-hybridized carbons (Fsp3) is 0.350. The minimum Gasteiger partial charge on any atom is -0.467 e. The lowest BCUT2D eigenvalue weighted by Crippen LogP contribution is -2.27. The number of hydrogen-bond donors (Lipinski definition) is 1. The first-order valence-corrected chi connectivity index (χ1v) is 9.11. The third-order valence-electron chi connectivity index (χ3n) is 5.10. The Hall–Kier alpha value is -2.80. The Labute approximate surface area is 157 Å². The zero-order chi connectivity index (χ0) is 18.8. The SMILES string of the molecule is COc1nccc(-c2c(-c3ccc(F)cc3)ncn2[C@H]2CC[C@@H](N)CC2)n1. The maximum absolute atomic E-state index is 13.4. The molecule has 0 atom stereocenters. The molecule has 1 saturated carbocycles. The highest BCUT2D eigenvalue weighted by molar-refractivity contribution is 5.77. The molecule has 1 fully saturated rings. The zero-order valence-electron chi connectivity index (χ0n) is 15.2. The van der Waals surface area contributed by atoms with E-state index in [9.17, 15) is 4.39 Å². The fourth-order valence-corrected chi connectivity index (χ4v) is 3.66. The van der Waals surface area contributed by atoms with Crippen LogP contribution < -0.4 is 10.5 Å². The molecule has 2 N–H and O–H groups in total. The Kier molecular flexibility index (Phi) is 4.85. The number of imidazole rings is 1. The van der Waals surface area contributed by atoms with Gasteiger partial charge in [-0.05, 0) is 56.0 Å². The Balaban J connectivity index is 1.83. The van der Waals surface area contributed by atoms with Crippen LogP contribution in [0.15, 0.2) is 42.9 Å². The summed E-state index contributed by atoms with van der Waals surface area (Å²) in [6, 6.07) is 9.08. The highest BCUT2D eigenvalue weighted by atomic mass is 19.1. The van der Waals surface area contributed by atoms with Gasteiger partial charge in [0.2, 0.25) is 0 Å². The van der Waals surface area contributed by atoms with Crippen LogP contribution in [0.1, 0.15) is 31.7 Å². The Bertz CT molecular complexity index is 916. The van der Waals surface area contributed by atoms with Gasteiger partial charge in [-0.1, -0.05) is 0 Å². The predicted molar refractivity (Wildman–Crippen MR) is 101 cm³/mol. The lowest BCUT2D eigenvalue weighted by atomic mass is 9.91. The number of rotatable bonds is 4. The summed E-state index contributed by atoms with van der Waals surface area (Å²) in [5.74, 6) is -0.273. The number of halogens is 1. The number of benzene rings is 1. The average molecular weight is 367 g/mol. The van der Waals surface area contributed by atoms with Crippen molar-refractivity contribution >= 4 is 0 Å². The lowest BCUT2D eigenvalue weighted by molar-refractivity contribution is 0.325. The summed E-state index contributed by atoms with van der Waals surface area (Å²) in [6.45, 7) is 0. The Morgan fingerprint density at radius 1 is 1.07 bits per heavy atom. The van der Waals surface area contributed by atoms with Crippen LogP contribution in [0.3, 0.4) is 0 Å². The summed E-state index contributed by atoms with van der Waals surface area (Å²) in [7, 11) is 1.54. The second kappa shape index (κ2) is 7.44. The second-order valence-corrected chi connectivity index (χ2v) is 6.85. The third kappa shape index (κ3) is 3.55. The van der Waals surface area contributed by atoms with Gasteiger partial charge in [-0.3, -0.25) is 0 Å². The van der Waals surface area contributed by atoms with Crippen LogP contribution in [0.25, 0.3) is 22.6 Å². The number of nitrogens with two attached hydrogens (primary N) is 1. The van der Waals surface area contributed by atoms with Crippen LogP contribution >= 0.6 is 0 Å². The van der Waals surface area contributed by atoms with E-state index in [1.807, 2.05) is 12.4 Å². The first kappa shape index (κ1) is 17.6. The van der Waals surface area contributed by atoms with E-state index in [1.165, 1.54) is 12.1 Å². The van der Waals surface area contributed by atoms with E-state index < -0.39 is 0 Å². The number of methoxy groups -OCH3 is 1.